The zero-order valence-corrected chi connectivity index (χ0v) is 11.2. The van der Waals surface area contributed by atoms with Crippen LogP contribution in [0.15, 0.2) is 24.3 Å². The van der Waals surface area contributed by atoms with Crippen molar-refractivity contribution in [2.75, 3.05) is 29.9 Å². The van der Waals surface area contributed by atoms with Crippen molar-refractivity contribution in [3.05, 3.63) is 24.3 Å². The minimum atomic E-state index is -3.31. The Morgan fingerprint density at radius 3 is 2.56 bits per heavy atom. The first-order chi connectivity index (χ1) is 8.40. The zero-order valence-electron chi connectivity index (χ0n) is 10.4. The third kappa shape index (κ3) is 5.65. The monoisotopic (exact) mass is 271 g/mol. The molecule has 0 radical (unpaired) electrons. The van der Waals surface area contributed by atoms with Gasteiger partial charge in [0.1, 0.15) is 0 Å². The molecule has 0 spiro atoms. The molecule has 1 aromatic carbocycles. The summed E-state index contributed by atoms with van der Waals surface area (Å²) in [5.41, 5.74) is 0.980. The Morgan fingerprint density at radius 2 is 1.94 bits per heavy atom. The lowest BCUT2D eigenvalue weighted by atomic mass is 10.2. The van der Waals surface area contributed by atoms with E-state index in [4.69, 9.17) is 0 Å². The molecule has 0 atom stereocenters. The fraction of sp³-hybridized carbons (Fsp3) is 0.364. The molecule has 0 aliphatic carbocycles. The summed E-state index contributed by atoms with van der Waals surface area (Å²) in [6.07, 6.45) is 1.44. The number of amides is 1. The molecule has 0 aliphatic heterocycles. The molecule has 0 aliphatic rings. The molecule has 0 fully saturated rings. The number of carbonyl (C=O) groups is 1. The fourth-order valence-electron chi connectivity index (χ4n) is 1.34. The van der Waals surface area contributed by atoms with Gasteiger partial charge < -0.3 is 10.6 Å². The van der Waals surface area contributed by atoms with Gasteiger partial charge in [-0.15, -0.1) is 0 Å². The Balaban J connectivity index is 2.68. The molecule has 6 nitrogen and oxygen atoms in total. The number of rotatable bonds is 6. The molecule has 1 aromatic rings. The third-order valence-electron chi connectivity index (χ3n) is 2.05. The Morgan fingerprint density at radius 1 is 1.28 bits per heavy atom. The van der Waals surface area contributed by atoms with Gasteiger partial charge in [-0.25, -0.2) is 8.42 Å². The summed E-state index contributed by atoms with van der Waals surface area (Å²) in [6, 6.07) is 6.55. The van der Waals surface area contributed by atoms with Gasteiger partial charge in [0.15, 0.2) is 0 Å². The van der Waals surface area contributed by atoms with E-state index in [1.807, 2.05) is 0 Å². The van der Waals surface area contributed by atoms with Gasteiger partial charge in [0.05, 0.1) is 11.9 Å². The van der Waals surface area contributed by atoms with E-state index >= 15 is 0 Å². The van der Waals surface area contributed by atoms with E-state index in [1.54, 1.807) is 31.3 Å². The lowest BCUT2D eigenvalue weighted by Gasteiger charge is -2.08. The van der Waals surface area contributed by atoms with Gasteiger partial charge in [-0.2, -0.15) is 0 Å². The fourth-order valence-corrected chi connectivity index (χ4v) is 1.89. The van der Waals surface area contributed by atoms with Crippen LogP contribution in [0, 0.1) is 0 Å². The van der Waals surface area contributed by atoms with Crippen LogP contribution in [0.4, 0.5) is 11.4 Å². The van der Waals surface area contributed by atoms with Crippen LogP contribution in [0.5, 0.6) is 0 Å². The first-order valence-corrected chi connectivity index (χ1v) is 7.32. The number of hydrogen-bond acceptors (Lipinski definition) is 4. The van der Waals surface area contributed by atoms with Crippen molar-refractivity contribution < 1.29 is 13.2 Å². The number of anilines is 2. The lowest BCUT2D eigenvalue weighted by molar-refractivity contribution is -0.116. The normalized spacial score (nSPS) is 11.0. The molecule has 0 bridgehead atoms. The minimum absolute atomic E-state index is 0.124. The van der Waals surface area contributed by atoms with Crippen LogP contribution in [-0.2, 0) is 14.8 Å². The Labute approximate surface area is 107 Å². The van der Waals surface area contributed by atoms with Crippen LogP contribution in [0.25, 0.3) is 0 Å². The van der Waals surface area contributed by atoms with Gasteiger partial charge in [0, 0.05) is 18.7 Å². The molecule has 0 unspecified atom stereocenters. The summed E-state index contributed by atoms with van der Waals surface area (Å²) in [4.78, 5) is 11.5. The highest BCUT2D eigenvalue weighted by molar-refractivity contribution is 7.92. The zero-order chi connectivity index (χ0) is 13.6. The molecular weight excluding hydrogens is 254 g/mol. The van der Waals surface area contributed by atoms with Gasteiger partial charge in [-0.1, -0.05) is 6.07 Å². The predicted octanol–water partition coefficient (Wildman–Crippen LogP) is 0.606. The average Bonchev–Trinajstić information content (AvgIpc) is 2.24. The van der Waals surface area contributed by atoms with Crippen molar-refractivity contribution in [1.29, 1.82) is 0 Å². The van der Waals surface area contributed by atoms with Crippen LogP contribution >= 0.6 is 0 Å². The summed E-state index contributed by atoms with van der Waals surface area (Å²) >= 11 is 0. The van der Waals surface area contributed by atoms with Crippen molar-refractivity contribution >= 4 is 27.3 Å². The van der Waals surface area contributed by atoms with E-state index in [1.165, 1.54) is 0 Å². The van der Waals surface area contributed by atoms with E-state index in [0.29, 0.717) is 24.3 Å². The lowest BCUT2D eigenvalue weighted by Crippen LogP contribution is -2.18. The Bertz CT molecular complexity index is 514. The molecule has 0 aromatic heterocycles. The maximum absolute atomic E-state index is 11.5. The van der Waals surface area contributed by atoms with Gasteiger partial charge in [-0.05, 0) is 25.2 Å². The van der Waals surface area contributed by atoms with Crippen molar-refractivity contribution in [3.63, 3.8) is 0 Å². The van der Waals surface area contributed by atoms with Gasteiger partial charge in [0.25, 0.3) is 0 Å². The van der Waals surface area contributed by atoms with Crippen molar-refractivity contribution in [2.45, 2.75) is 6.42 Å². The second-order valence-electron chi connectivity index (χ2n) is 3.86. The summed E-state index contributed by atoms with van der Waals surface area (Å²) < 4.78 is 24.5. The highest BCUT2D eigenvalue weighted by Gasteiger charge is 2.04. The van der Waals surface area contributed by atoms with Crippen LogP contribution in [0.1, 0.15) is 6.42 Å². The molecule has 0 heterocycles. The molecule has 1 rings (SSSR count). The Kier molecular flexibility index (Phi) is 5.11. The van der Waals surface area contributed by atoms with E-state index in [-0.39, 0.29) is 5.91 Å². The molecule has 100 valence electrons. The van der Waals surface area contributed by atoms with Crippen molar-refractivity contribution in [2.24, 2.45) is 0 Å². The van der Waals surface area contributed by atoms with Crippen LogP contribution < -0.4 is 15.4 Å². The summed E-state index contributed by atoms with van der Waals surface area (Å²) in [7, 11) is -1.54. The SMILES string of the molecule is CNCCC(=O)Nc1cccc(NS(C)(=O)=O)c1. The topological polar surface area (TPSA) is 87.3 Å². The number of benzene rings is 1. The number of hydrogen-bond donors (Lipinski definition) is 3. The van der Waals surface area contributed by atoms with Crippen LogP contribution in [-0.4, -0.2) is 34.2 Å². The summed E-state index contributed by atoms with van der Waals surface area (Å²) in [6.45, 7) is 0.590. The average molecular weight is 271 g/mol. The Hall–Kier alpha value is -1.60. The first kappa shape index (κ1) is 14.5. The highest BCUT2D eigenvalue weighted by atomic mass is 32.2. The molecule has 0 saturated carbocycles. The maximum Gasteiger partial charge on any atom is 0.229 e. The van der Waals surface area contributed by atoms with Gasteiger partial charge >= 0.3 is 0 Å². The van der Waals surface area contributed by atoms with E-state index < -0.39 is 10.0 Å². The molecular formula is C11H17N3O3S. The molecule has 1 amide bonds. The summed E-state index contributed by atoms with van der Waals surface area (Å²) in [5.74, 6) is -0.124. The van der Waals surface area contributed by atoms with Crippen molar-refractivity contribution in [3.8, 4) is 0 Å². The molecule has 7 heteroatoms. The quantitative estimate of drug-likeness (QED) is 0.707. The van der Waals surface area contributed by atoms with E-state index in [0.717, 1.165) is 6.26 Å². The van der Waals surface area contributed by atoms with E-state index in [2.05, 4.69) is 15.4 Å². The molecule has 18 heavy (non-hydrogen) atoms. The standard InChI is InChI=1S/C11H17N3O3S/c1-12-7-6-11(15)13-9-4-3-5-10(8-9)14-18(2,16)17/h3-5,8,12,14H,6-7H2,1-2H3,(H,13,15). The number of sulfonamides is 1. The number of carbonyl (C=O) groups excluding carboxylic acids is 1. The minimum Gasteiger partial charge on any atom is -0.326 e. The summed E-state index contributed by atoms with van der Waals surface area (Å²) in [5, 5.41) is 5.56. The van der Waals surface area contributed by atoms with Gasteiger partial charge in [0.2, 0.25) is 15.9 Å². The van der Waals surface area contributed by atoms with Crippen LogP contribution in [0.2, 0.25) is 0 Å². The highest BCUT2D eigenvalue weighted by Crippen LogP contribution is 2.16. The third-order valence-corrected chi connectivity index (χ3v) is 2.66. The largest absolute Gasteiger partial charge is 0.326 e. The number of nitrogens with one attached hydrogen (secondary N) is 3. The predicted molar refractivity (Wildman–Crippen MR) is 72.1 cm³/mol. The van der Waals surface area contributed by atoms with Crippen molar-refractivity contribution in [1.82, 2.24) is 5.32 Å². The smallest absolute Gasteiger partial charge is 0.229 e. The van der Waals surface area contributed by atoms with Crippen LogP contribution in [0.3, 0.4) is 0 Å². The molecule has 3 N–H and O–H groups in total. The van der Waals surface area contributed by atoms with E-state index in [9.17, 15) is 13.2 Å². The second kappa shape index (κ2) is 6.36. The molecule has 0 saturated heterocycles. The van der Waals surface area contributed by atoms with Gasteiger partial charge in [-0.3, -0.25) is 9.52 Å². The maximum atomic E-state index is 11.5. The second-order valence-corrected chi connectivity index (χ2v) is 5.61. The first-order valence-electron chi connectivity index (χ1n) is 5.43.